The molecule has 0 saturated carbocycles. The zero-order chi connectivity index (χ0) is 23.1. The highest BCUT2D eigenvalue weighted by atomic mass is 19.4. The summed E-state index contributed by atoms with van der Waals surface area (Å²) in [6.07, 6.45) is -3.99. The van der Waals surface area contributed by atoms with Gasteiger partial charge in [0.2, 0.25) is 0 Å². The number of hydrogen-bond acceptors (Lipinski definition) is 4. The Morgan fingerprint density at radius 1 is 1.16 bits per heavy atom. The number of halogens is 3. The van der Waals surface area contributed by atoms with E-state index in [1.165, 1.54) is 19.2 Å². The molecule has 2 aromatic rings. The second-order valence-electron chi connectivity index (χ2n) is 7.30. The molecule has 0 heterocycles. The Morgan fingerprint density at radius 3 is 2.42 bits per heavy atom. The fourth-order valence-electron chi connectivity index (χ4n) is 2.96. The number of benzene rings is 2. The second kappa shape index (κ2) is 10.6. The van der Waals surface area contributed by atoms with E-state index in [1.807, 2.05) is 49.2 Å². The highest BCUT2D eigenvalue weighted by Crippen LogP contribution is 2.46. The molecule has 0 aliphatic carbocycles. The molecule has 0 radical (unpaired) electrons. The Kier molecular flexibility index (Phi) is 8.47. The molecule has 8 heteroatoms. The monoisotopic (exact) mass is 438 g/mol. The largest absolute Gasteiger partial charge is 0.496 e. The first-order valence-corrected chi connectivity index (χ1v) is 9.96. The van der Waals surface area contributed by atoms with Crippen molar-refractivity contribution in [1.82, 2.24) is 4.90 Å². The Morgan fingerprint density at radius 2 is 1.84 bits per heavy atom. The summed E-state index contributed by atoms with van der Waals surface area (Å²) in [5.41, 5.74) is -1.69. The molecule has 1 unspecified atom stereocenters. The number of aliphatic imine (C=N–C) groups is 1. The molecule has 2 rings (SSSR count). The minimum Gasteiger partial charge on any atom is -0.496 e. The first-order chi connectivity index (χ1) is 14.6. The van der Waals surface area contributed by atoms with Crippen LogP contribution in [-0.2, 0) is 16.9 Å². The van der Waals surface area contributed by atoms with Gasteiger partial charge in [0, 0.05) is 31.6 Å². The minimum absolute atomic E-state index is 0.0835. The van der Waals surface area contributed by atoms with Gasteiger partial charge >= 0.3 is 6.18 Å². The number of aliphatic hydroxyl groups is 1. The van der Waals surface area contributed by atoms with Gasteiger partial charge in [-0.1, -0.05) is 30.3 Å². The molecule has 0 aliphatic rings. The quantitative estimate of drug-likeness (QED) is 0.323. The highest BCUT2D eigenvalue weighted by molar-refractivity contribution is 5.65. The maximum Gasteiger partial charge on any atom is 0.421 e. The van der Waals surface area contributed by atoms with Crippen molar-refractivity contribution in [3.63, 3.8) is 0 Å². The Bertz CT molecular complexity index is 872. The normalized spacial score (nSPS) is 13.9. The number of alkyl halides is 3. The van der Waals surface area contributed by atoms with Crippen molar-refractivity contribution in [3.8, 4) is 5.75 Å². The van der Waals surface area contributed by atoms with Crippen molar-refractivity contribution in [3.05, 3.63) is 59.2 Å². The van der Waals surface area contributed by atoms with Crippen LogP contribution in [-0.4, -0.2) is 49.8 Å². The van der Waals surface area contributed by atoms with Crippen molar-refractivity contribution in [1.29, 1.82) is 0 Å². The van der Waals surface area contributed by atoms with Crippen LogP contribution >= 0.6 is 0 Å². The van der Waals surface area contributed by atoms with Gasteiger partial charge in [-0.2, -0.15) is 13.2 Å². The fourth-order valence-corrected chi connectivity index (χ4v) is 2.96. The van der Waals surface area contributed by atoms with E-state index in [-0.39, 0.29) is 24.5 Å². The number of ether oxygens (including phenoxy) is 2. The lowest BCUT2D eigenvalue weighted by Crippen LogP contribution is -2.43. The summed E-state index contributed by atoms with van der Waals surface area (Å²) < 4.78 is 52.6. The maximum absolute atomic E-state index is 14.0. The van der Waals surface area contributed by atoms with Crippen LogP contribution in [0.3, 0.4) is 0 Å². The van der Waals surface area contributed by atoms with E-state index in [2.05, 4.69) is 4.99 Å². The summed E-state index contributed by atoms with van der Waals surface area (Å²) >= 11 is 0. The van der Waals surface area contributed by atoms with E-state index >= 15 is 0 Å². The van der Waals surface area contributed by atoms with Crippen LogP contribution in [0, 0.1) is 6.92 Å². The predicted molar refractivity (Wildman–Crippen MR) is 115 cm³/mol. The molecule has 31 heavy (non-hydrogen) atoms. The third-order valence-corrected chi connectivity index (χ3v) is 5.05. The topological polar surface area (TPSA) is 54.3 Å². The van der Waals surface area contributed by atoms with Gasteiger partial charge in [-0.05, 0) is 31.0 Å². The van der Waals surface area contributed by atoms with Crippen LogP contribution in [0.15, 0.2) is 47.5 Å². The molecule has 170 valence electrons. The third kappa shape index (κ3) is 6.21. The molecular weight excluding hydrogens is 409 g/mol. The van der Waals surface area contributed by atoms with Crippen LogP contribution in [0.4, 0.5) is 18.9 Å². The number of hydrogen-bond donors (Lipinski definition) is 1. The lowest BCUT2D eigenvalue weighted by Gasteiger charge is -2.32. The second-order valence-corrected chi connectivity index (χ2v) is 7.30. The summed E-state index contributed by atoms with van der Waals surface area (Å²) in [7, 11) is 3.10. The molecule has 5 nitrogen and oxygen atoms in total. The molecule has 0 spiro atoms. The number of methoxy groups -OCH3 is 1. The summed E-state index contributed by atoms with van der Waals surface area (Å²) in [5.74, 6) is -0.0835. The predicted octanol–water partition coefficient (Wildman–Crippen LogP) is 4.97. The molecule has 0 fully saturated rings. The van der Waals surface area contributed by atoms with E-state index in [0.717, 1.165) is 12.1 Å². The van der Waals surface area contributed by atoms with E-state index in [9.17, 15) is 18.3 Å². The number of rotatable bonds is 10. The van der Waals surface area contributed by atoms with Crippen molar-refractivity contribution < 1.29 is 27.8 Å². The van der Waals surface area contributed by atoms with E-state index in [1.54, 1.807) is 13.3 Å². The minimum atomic E-state index is -4.92. The SMILES string of the molecule is CCN(C)C=Nc1cc(OC)c(C(O)(CCOCc2ccccc2)C(F)(F)F)cc1C. The Labute approximate surface area is 181 Å². The molecule has 2 aromatic carbocycles. The standard InChI is InChI=1S/C23H29F3N2O3/c1-5-28(3)16-27-20-14-21(30-4)19(13-17(20)2)22(29,23(24,25)26)11-12-31-15-18-9-7-6-8-10-18/h6-10,13-14,16,29H,5,11-12,15H2,1-4H3. The summed E-state index contributed by atoms with van der Waals surface area (Å²) in [4.78, 5) is 6.14. The van der Waals surface area contributed by atoms with Crippen molar-refractivity contribution in [2.75, 3.05) is 27.3 Å². The molecule has 0 aliphatic heterocycles. The molecule has 1 atom stereocenters. The lowest BCUT2D eigenvalue weighted by molar-refractivity contribution is -0.272. The van der Waals surface area contributed by atoms with Crippen LogP contribution < -0.4 is 4.74 Å². The van der Waals surface area contributed by atoms with Crippen LogP contribution in [0.2, 0.25) is 0 Å². The highest BCUT2D eigenvalue weighted by Gasteiger charge is 2.56. The summed E-state index contributed by atoms with van der Waals surface area (Å²) in [6, 6.07) is 11.8. The average Bonchev–Trinajstić information content (AvgIpc) is 2.75. The Hall–Kier alpha value is -2.58. The van der Waals surface area contributed by atoms with Gasteiger partial charge in [-0.25, -0.2) is 4.99 Å². The molecule has 0 amide bonds. The van der Waals surface area contributed by atoms with Gasteiger partial charge in [-0.3, -0.25) is 0 Å². The van der Waals surface area contributed by atoms with E-state index in [4.69, 9.17) is 9.47 Å². The maximum atomic E-state index is 14.0. The van der Waals surface area contributed by atoms with Gasteiger partial charge in [0.25, 0.3) is 0 Å². The van der Waals surface area contributed by atoms with E-state index < -0.39 is 18.2 Å². The number of aryl methyl sites for hydroxylation is 1. The van der Waals surface area contributed by atoms with Gasteiger partial charge in [0.1, 0.15) is 5.75 Å². The summed E-state index contributed by atoms with van der Waals surface area (Å²) in [5, 5.41) is 10.8. The molecule has 0 saturated heterocycles. The number of nitrogens with zero attached hydrogens (tertiary/aromatic N) is 2. The van der Waals surface area contributed by atoms with Crippen molar-refractivity contribution in [2.24, 2.45) is 4.99 Å². The molecule has 0 bridgehead atoms. The van der Waals surface area contributed by atoms with Gasteiger partial charge in [0.15, 0.2) is 5.60 Å². The Balaban J connectivity index is 2.29. The zero-order valence-corrected chi connectivity index (χ0v) is 18.2. The van der Waals surface area contributed by atoms with Crippen LogP contribution in [0.5, 0.6) is 5.75 Å². The molecule has 1 N–H and O–H groups in total. The molecule has 0 aromatic heterocycles. The van der Waals surface area contributed by atoms with Crippen LogP contribution in [0.1, 0.15) is 30.0 Å². The first-order valence-electron chi connectivity index (χ1n) is 9.96. The fraction of sp³-hybridized carbons (Fsp3) is 0.435. The van der Waals surface area contributed by atoms with Crippen molar-refractivity contribution in [2.45, 2.75) is 38.7 Å². The third-order valence-electron chi connectivity index (χ3n) is 5.05. The van der Waals surface area contributed by atoms with E-state index in [0.29, 0.717) is 11.3 Å². The lowest BCUT2D eigenvalue weighted by atomic mass is 9.87. The first kappa shape index (κ1) is 24.7. The van der Waals surface area contributed by atoms with Gasteiger partial charge in [-0.15, -0.1) is 0 Å². The molecular formula is C23H29F3N2O3. The van der Waals surface area contributed by atoms with Crippen LogP contribution in [0.25, 0.3) is 0 Å². The smallest absolute Gasteiger partial charge is 0.421 e. The summed E-state index contributed by atoms with van der Waals surface area (Å²) in [6.45, 7) is 4.20. The zero-order valence-electron chi connectivity index (χ0n) is 18.2. The van der Waals surface area contributed by atoms with Crippen molar-refractivity contribution >= 4 is 12.0 Å². The van der Waals surface area contributed by atoms with Gasteiger partial charge < -0.3 is 19.5 Å². The van der Waals surface area contributed by atoms with Gasteiger partial charge in [0.05, 0.1) is 32.3 Å². The average molecular weight is 438 g/mol.